The number of imide groups is 1. The van der Waals surface area contributed by atoms with Crippen LogP contribution in [-0.4, -0.2) is 156 Å². The second-order valence-electron chi connectivity index (χ2n) is 22.2. The Kier molecular flexibility index (Phi) is 25.2. The summed E-state index contributed by atoms with van der Waals surface area (Å²) in [6.45, 7) is 17.3. The van der Waals surface area contributed by atoms with Crippen molar-refractivity contribution in [3.63, 3.8) is 0 Å². The number of aliphatic hydroxyl groups excluding tert-OH is 1. The molecule has 2 aliphatic heterocycles. The fourth-order valence-electron chi connectivity index (χ4n) is 10.9. The van der Waals surface area contributed by atoms with Gasteiger partial charge in [0.25, 0.3) is 0 Å². The summed E-state index contributed by atoms with van der Waals surface area (Å²) in [5, 5.41) is 16.8. The summed E-state index contributed by atoms with van der Waals surface area (Å²) < 4.78 is 17.7. The number of likely N-dealkylation sites (N-methyl/N-ethyl adjacent to an activating group) is 2. The van der Waals surface area contributed by atoms with Gasteiger partial charge in [-0.25, -0.2) is 4.79 Å². The van der Waals surface area contributed by atoms with E-state index in [4.69, 9.17) is 14.2 Å². The molecule has 18 nitrogen and oxygen atoms in total. The minimum atomic E-state index is -0.999. The van der Waals surface area contributed by atoms with E-state index >= 15 is 0 Å². The number of hydrogen-bond donors (Lipinski definition) is 3. The number of hydrogen-bond acceptors (Lipinski definition) is 12. The number of ether oxygens (including phenoxy) is 3. The van der Waals surface area contributed by atoms with Gasteiger partial charge in [0.2, 0.25) is 35.4 Å². The first-order valence-electron chi connectivity index (χ1n) is 27.8. The van der Waals surface area contributed by atoms with Crippen molar-refractivity contribution in [1.82, 2.24) is 30.2 Å². The zero-order chi connectivity index (χ0) is 57.3. The topological polar surface area (TPSA) is 221 Å². The van der Waals surface area contributed by atoms with Gasteiger partial charge < -0.3 is 39.8 Å². The molecule has 0 aromatic heterocycles. The predicted octanol–water partition coefficient (Wildman–Crippen LogP) is 6.89. The molecule has 2 saturated heterocycles. The van der Waals surface area contributed by atoms with Crippen LogP contribution in [0, 0.1) is 29.6 Å². The average Bonchev–Trinajstić information content (AvgIpc) is 3.98. The molecule has 18 heteroatoms. The van der Waals surface area contributed by atoms with Crippen LogP contribution in [0.5, 0.6) is 0 Å². The fraction of sp³-hybridized carbons (Fsp3) is 0.661. The van der Waals surface area contributed by atoms with Crippen LogP contribution < -0.4 is 10.6 Å². The summed E-state index contributed by atoms with van der Waals surface area (Å²) in [5.74, 6) is -3.39. The van der Waals surface area contributed by atoms with E-state index in [1.807, 2.05) is 58.0 Å². The van der Waals surface area contributed by atoms with Crippen LogP contribution in [0.3, 0.4) is 0 Å². The molecule has 0 saturated carbocycles. The molecular formula is C59H92N6O12. The van der Waals surface area contributed by atoms with Crippen LogP contribution in [0.25, 0.3) is 0 Å². The number of amides is 7. The number of benzene rings is 2. The van der Waals surface area contributed by atoms with E-state index in [-0.39, 0.29) is 86.3 Å². The smallest absolute Gasteiger partial charge is 0.410 e. The number of methoxy groups -OCH3 is 2. The molecule has 11 atom stereocenters. The maximum atomic E-state index is 14.7. The van der Waals surface area contributed by atoms with Gasteiger partial charge in [0, 0.05) is 68.0 Å². The number of likely N-dealkylation sites (tertiary alicyclic amines) is 2. The molecule has 0 radical (unpaired) electrons. The number of aliphatic hydroxyl groups is 1. The average molecular weight is 1080 g/mol. The van der Waals surface area contributed by atoms with Crippen LogP contribution in [0.1, 0.15) is 144 Å². The molecule has 2 heterocycles. The van der Waals surface area contributed by atoms with Crippen molar-refractivity contribution in [2.75, 3.05) is 41.4 Å². The molecular weight excluding hydrogens is 985 g/mol. The van der Waals surface area contributed by atoms with Crippen molar-refractivity contribution in [2.45, 2.75) is 182 Å². The molecule has 2 fully saturated rings. The van der Waals surface area contributed by atoms with Crippen molar-refractivity contribution in [3.8, 4) is 0 Å². The standard InChI is InChI=1S/C59H90N6O12.H2/c1-14-38(6)52(47(75-12)34-49(68)64-31-21-25-46(64)54(76-13)40(8)55(70)60-41(9)53(69)44-22-17-15-18-23-44)62(10)58(73)50(36(2)3)61-56(71)51(37(4)5)63(11)59(74)77-35-43-28-26-42(27-29-43)33-45(66)24-19-16-20-30-65-48(67)32-39(7)57(65)72;/h15,17-18,22-23,26-29,36-41,46-47,50-54,69H,14,16,19-21,24-25,30-35H2,1-13H3,(H,60,70)(H,61,71);1H/t38-,39?,40+,41+,46-,47+,50-,51-,52-,53+,54+;/m0./s1. The van der Waals surface area contributed by atoms with Gasteiger partial charge in [-0.1, -0.05) is 123 Å². The fourth-order valence-corrected chi connectivity index (χ4v) is 10.9. The highest BCUT2D eigenvalue weighted by Gasteiger charge is 2.44. The van der Waals surface area contributed by atoms with Gasteiger partial charge in [-0.05, 0) is 67.1 Å². The minimum absolute atomic E-state index is 0. The summed E-state index contributed by atoms with van der Waals surface area (Å²) in [7, 11) is 6.20. The molecule has 3 N–H and O–H groups in total. The molecule has 2 aromatic carbocycles. The van der Waals surface area contributed by atoms with Gasteiger partial charge in [0.05, 0.1) is 48.8 Å². The Morgan fingerprint density at radius 3 is 2.04 bits per heavy atom. The SMILES string of the molecule is CC[C@H](C)[C@@H]([C@@H](CC(=O)N1CCC[C@H]1[C@H](OC)[C@@H](C)C(=O)N[C@H](C)[C@@H](O)c1ccccc1)OC)N(C)C(=O)[C@@H](NC(=O)[C@H](C(C)C)N(C)C(=O)OCc1ccc(CC(=O)CCCCCN2C(=O)CC(C)C2=O)cc1)C(C)C.[HH]. The van der Waals surface area contributed by atoms with Crippen LogP contribution in [0.15, 0.2) is 54.6 Å². The third kappa shape index (κ3) is 17.4. The van der Waals surface area contributed by atoms with Gasteiger partial charge in [-0.2, -0.15) is 0 Å². The second kappa shape index (κ2) is 30.4. The Balaban J connectivity index is 0.0000160. The van der Waals surface area contributed by atoms with Crippen molar-refractivity contribution in [2.24, 2.45) is 29.6 Å². The van der Waals surface area contributed by atoms with Gasteiger partial charge in [-0.15, -0.1) is 0 Å². The predicted molar refractivity (Wildman–Crippen MR) is 295 cm³/mol. The van der Waals surface area contributed by atoms with Gasteiger partial charge in [0.15, 0.2) is 0 Å². The number of ketones is 1. The number of carbonyl (C=O) groups is 8. The molecule has 0 aliphatic carbocycles. The first kappa shape index (κ1) is 63.8. The summed E-state index contributed by atoms with van der Waals surface area (Å²) in [5.41, 5.74) is 2.19. The van der Waals surface area contributed by atoms with E-state index in [1.165, 1.54) is 31.1 Å². The van der Waals surface area contributed by atoms with Crippen LogP contribution in [0.2, 0.25) is 0 Å². The zero-order valence-corrected chi connectivity index (χ0v) is 48.1. The van der Waals surface area contributed by atoms with Crippen molar-refractivity contribution < 1.29 is 59.1 Å². The largest absolute Gasteiger partial charge is 0.445 e. The minimum Gasteiger partial charge on any atom is -0.445 e. The van der Waals surface area contributed by atoms with Crippen LogP contribution in [-0.2, 0) is 60.8 Å². The Bertz CT molecular complexity index is 2290. The van der Waals surface area contributed by atoms with Crippen molar-refractivity contribution in [1.29, 1.82) is 0 Å². The Hall–Kier alpha value is -5.72. The highest BCUT2D eigenvalue weighted by Crippen LogP contribution is 2.30. The summed E-state index contributed by atoms with van der Waals surface area (Å²) in [4.78, 5) is 113. The van der Waals surface area contributed by atoms with E-state index in [0.717, 1.165) is 12.0 Å². The van der Waals surface area contributed by atoms with Crippen LogP contribution in [0.4, 0.5) is 4.79 Å². The molecule has 4 rings (SSSR count). The highest BCUT2D eigenvalue weighted by molar-refractivity contribution is 6.03. The van der Waals surface area contributed by atoms with Gasteiger partial charge in [-0.3, -0.25) is 43.4 Å². The van der Waals surface area contributed by atoms with E-state index in [1.54, 1.807) is 75.7 Å². The summed E-state index contributed by atoms with van der Waals surface area (Å²) >= 11 is 0. The Morgan fingerprint density at radius 1 is 0.818 bits per heavy atom. The molecule has 0 spiro atoms. The number of unbranched alkanes of at least 4 members (excludes halogenated alkanes) is 2. The van der Waals surface area contributed by atoms with Crippen LogP contribution >= 0.6 is 0 Å². The van der Waals surface area contributed by atoms with E-state index < -0.39 is 66.4 Å². The lowest BCUT2D eigenvalue weighted by molar-refractivity contribution is -0.148. The van der Waals surface area contributed by atoms with Gasteiger partial charge in [0.1, 0.15) is 24.5 Å². The summed E-state index contributed by atoms with van der Waals surface area (Å²) in [6, 6.07) is 12.7. The van der Waals surface area contributed by atoms with Crippen molar-refractivity contribution >= 4 is 47.3 Å². The van der Waals surface area contributed by atoms with Gasteiger partial charge >= 0.3 is 6.09 Å². The maximum Gasteiger partial charge on any atom is 0.410 e. The number of Topliss-reactive ketones (excluding diaryl/α,β-unsaturated/α-hetero) is 1. The molecule has 7 amide bonds. The molecule has 430 valence electrons. The zero-order valence-electron chi connectivity index (χ0n) is 48.1. The van der Waals surface area contributed by atoms with E-state index in [9.17, 15) is 43.5 Å². The lowest BCUT2D eigenvalue weighted by Crippen LogP contribution is -2.60. The molecule has 2 aromatic rings. The monoisotopic (exact) mass is 1080 g/mol. The summed E-state index contributed by atoms with van der Waals surface area (Å²) in [6.07, 6.45) is 1.85. The first-order chi connectivity index (χ1) is 36.5. The molecule has 0 bridgehead atoms. The number of nitrogens with one attached hydrogen (secondary N) is 2. The third-order valence-corrected chi connectivity index (χ3v) is 15.7. The number of nitrogens with zero attached hydrogens (tertiary/aromatic N) is 4. The molecule has 77 heavy (non-hydrogen) atoms. The lowest BCUT2D eigenvalue weighted by atomic mass is 9.89. The van der Waals surface area contributed by atoms with E-state index in [0.29, 0.717) is 62.7 Å². The lowest BCUT2D eigenvalue weighted by Gasteiger charge is -2.41. The maximum absolute atomic E-state index is 14.7. The molecule has 1 unspecified atom stereocenters. The first-order valence-corrected chi connectivity index (χ1v) is 27.8. The molecule has 2 aliphatic rings. The van der Waals surface area contributed by atoms with Crippen molar-refractivity contribution in [3.05, 3.63) is 71.3 Å². The number of rotatable bonds is 30. The Morgan fingerprint density at radius 2 is 1.47 bits per heavy atom. The third-order valence-electron chi connectivity index (χ3n) is 15.7. The Labute approximate surface area is 459 Å². The quantitative estimate of drug-likeness (QED) is 0.0538. The number of carbonyl (C=O) groups excluding carboxylic acids is 8. The van der Waals surface area contributed by atoms with E-state index in [2.05, 4.69) is 10.6 Å². The normalized spacial score (nSPS) is 19.2. The second-order valence-corrected chi connectivity index (χ2v) is 22.2. The highest BCUT2D eigenvalue weighted by atomic mass is 16.6.